The molecule has 0 aromatic carbocycles. The topological polar surface area (TPSA) is 54.0 Å². The van der Waals surface area contributed by atoms with Crippen LogP contribution >= 0.6 is 27.9 Å². The Balaban J connectivity index is 2.43. The molecule has 12 heavy (non-hydrogen) atoms. The van der Waals surface area contributed by atoms with Crippen molar-refractivity contribution < 1.29 is 4.79 Å². The molecule has 0 saturated heterocycles. The van der Waals surface area contributed by atoms with Gasteiger partial charge in [0, 0.05) is 10.7 Å². The van der Waals surface area contributed by atoms with Gasteiger partial charge >= 0.3 is 6.03 Å². The van der Waals surface area contributed by atoms with E-state index in [4.69, 9.17) is 0 Å². The molecule has 1 aromatic rings. The molecular weight excluding hydrogens is 242 g/mol. The SMILES string of the molecule is O=C1NSc2cc(Br)cnc2N1. The van der Waals surface area contributed by atoms with Gasteiger partial charge in [0.15, 0.2) is 0 Å². The van der Waals surface area contributed by atoms with Crippen molar-refractivity contribution in [3.8, 4) is 0 Å². The van der Waals surface area contributed by atoms with Crippen molar-refractivity contribution in [3.63, 3.8) is 0 Å². The molecule has 0 fully saturated rings. The average molecular weight is 246 g/mol. The molecule has 2 N–H and O–H groups in total. The van der Waals surface area contributed by atoms with Gasteiger partial charge in [-0.3, -0.25) is 10.0 Å². The Kier molecular flexibility index (Phi) is 1.93. The Morgan fingerprint density at radius 1 is 1.58 bits per heavy atom. The van der Waals surface area contributed by atoms with E-state index in [-0.39, 0.29) is 6.03 Å². The number of carbonyl (C=O) groups is 1. The number of pyridine rings is 1. The van der Waals surface area contributed by atoms with Crippen LogP contribution in [0.4, 0.5) is 10.6 Å². The third-order valence-electron chi connectivity index (χ3n) is 1.30. The normalized spacial score (nSPS) is 14.6. The van der Waals surface area contributed by atoms with Crippen LogP contribution in [0.25, 0.3) is 0 Å². The standard InChI is InChI=1S/C6H4BrN3OS/c7-3-1-4-5(8-2-3)9-6(11)10-12-4/h1-2H,(H2,8,9,10,11). The number of halogens is 1. The second kappa shape index (κ2) is 2.95. The highest BCUT2D eigenvalue weighted by Gasteiger charge is 2.15. The van der Waals surface area contributed by atoms with Gasteiger partial charge in [-0.15, -0.1) is 0 Å². The molecule has 62 valence electrons. The maximum absolute atomic E-state index is 10.8. The van der Waals surface area contributed by atoms with Crippen LogP contribution < -0.4 is 10.0 Å². The summed E-state index contributed by atoms with van der Waals surface area (Å²) in [7, 11) is 0. The molecule has 0 atom stereocenters. The molecular formula is C6H4BrN3OS. The van der Waals surface area contributed by atoms with Crippen molar-refractivity contribution in [3.05, 3.63) is 16.7 Å². The van der Waals surface area contributed by atoms with Crippen LogP contribution in [0, 0.1) is 0 Å². The number of carbonyl (C=O) groups excluding carboxylic acids is 1. The Hall–Kier alpha value is -0.750. The van der Waals surface area contributed by atoms with Crippen LogP contribution in [0.3, 0.4) is 0 Å². The number of aromatic nitrogens is 1. The van der Waals surface area contributed by atoms with E-state index in [1.165, 1.54) is 11.9 Å². The number of amides is 2. The van der Waals surface area contributed by atoms with Crippen molar-refractivity contribution in [2.45, 2.75) is 4.90 Å². The fourth-order valence-electron chi connectivity index (χ4n) is 0.827. The minimum Gasteiger partial charge on any atom is -0.291 e. The van der Waals surface area contributed by atoms with E-state index in [0.717, 1.165) is 9.37 Å². The third kappa shape index (κ3) is 1.39. The summed E-state index contributed by atoms with van der Waals surface area (Å²) in [5, 5.41) is 2.58. The number of hydrogen-bond donors (Lipinski definition) is 2. The number of urea groups is 1. The zero-order valence-electron chi connectivity index (χ0n) is 5.80. The largest absolute Gasteiger partial charge is 0.330 e. The predicted octanol–water partition coefficient (Wildman–Crippen LogP) is 1.99. The molecule has 2 amide bonds. The van der Waals surface area contributed by atoms with E-state index >= 15 is 0 Å². The first-order valence-electron chi connectivity index (χ1n) is 3.15. The molecule has 0 aliphatic carbocycles. The lowest BCUT2D eigenvalue weighted by atomic mass is 10.4. The number of nitrogens with zero attached hydrogens (tertiary/aromatic N) is 1. The number of hydrogen-bond acceptors (Lipinski definition) is 3. The monoisotopic (exact) mass is 245 g/mol. The van der Waals surface area contributed by atoms with Crippen molar-refractivity contribution in [1.29, 1.82) is 0 Å². The molecule has 0 saturated carbocycles. The number of fused-ring (bicyclic) bond motifs is 1. The van der Waals surface area contributed by atoms with Gasteiger partial charge in [0.1, 0.15) is 5.82 Å². The van der Waals surface area contributed by atoms with Crippen LogP contribution in [0.1, 0.15) is 0 Å². The van der Waals surface area contributed by atoms with Gasteiger partial charge in [-0.25, -0.2) is 9.78 Å². The summed E-state index contributed by atoms with van der Waals surface area (Å²) >= 11 is 4.55. The second-order valence-electron chi connectivity index (χ2n) is 2.16. The van der Waals surface area contributed by atoms with Crippen molar-refractivity contribution in [2.75, 3.05) is 5.32 Å². The Morgan fingerprint density at radius 2 is 2.42 bits per heavy atom. The van der Waals surface area contributed by atoms with E-state index < -0.39 is 0 Å². The summed E-state index contributed by atoms with van der Waals surface area (Å²) in [6.45, 7) is 0. The second-order valence-corrected chi connectivity index (χ2v) is 3.92. The van der Waals surface area contributed by atoms with Crippen LogP contribution in [0.5, 0.6) is 0 Å². The number of anilines is 1. The smallest absolute Gasteiger partial charge is 0.291 e. The Morgan fingerprint density at radius 3 is 3.25 bits per heavy atom. The van der Waals surface area contributed by atoms with E-state index in [1.807, 2.05) is 6.07 Å². The molecule has 6 heteroatoms. The van der Waals surface area contributed by atoms with Crippen LogP contribution in [0.15, 0.2) is 21.6 Å². The molecule has 1 aromatic heterocycles. The average Bonchev–Trinajstić information content (AvgIpc) is 2.05. The third-order valence-corrected chi connectivity index (χ3v) is 2.56. The summed E-state index contributed by atoms with van der Waals surface area (Å²) in [5.74, 6) is 0.604. The zero-order chi connectivity index (χ0) is 8.55. The van der Waals surface area contributed by atoms with Crippen LogP contribution in [0.2, 0.25) is 0 Å². The quantitative estimate of drug-likeness (QED) is 0.688. The summed E-state index contributed by atoms with van der Waals surface area (Å²) in [6, 6.07) is 1.65. The molecule has 4 nitrogen and oxygen atoms in total. The minimum atomic E-state index is -0.234. The summed E-state index contributed by atoms with van der Waals surface area (Å²) in [6.07, 6.45) is 1.64. The first-order valence-corrected chi connectivity index (χ1v) is 4.76. The molecule has 1 aliphatic heterocycles. The Labute approximate surface area is 81.4 Å². The molecule has 0 radical (unpaired) electrons. The highest BCUT2D eigenvalue weighted by atomic mass is 79.9. The molecule has 0 spiro atoms. The first-order chi connectivity index (χ1) is 5.75. The zero-order valence-corrected chi connectivity index (χ0v) is 8.20. The first kappa shape index (κ1) is 7.88. The lowest BCUT2D eigenvalue weighted by Gasteiger charge is -2.15. The van der Waals surface area contributed by atoms with Gasteiger partial charge in [0.2, 0.25) is 0 Å². The fraction of sp³-hybridized carbons (Fsp3) is 0. The van der Waals surface area contributed by atoms with Gasteiger partial charge in [0.05, 0.1) is 4.90 Å². The van der Waals surface area contributed by atoms with Gasteiger partial charge in [-0.1, -0.05) is 0 Å². The minimum absolute atomic E-state index is 0.234. The van der Waals surface area contributed by atoms with Crippen molar-refractivity contribution >= 4 is 39.7 Å². The van der Waals surface area contributed by atoms with E-state index in [1.54, 1.807) is 6.20 Å². The summed E-state index contributed by atoms with van der Waals surface area (Å²) in [5.41, 5.74) is 0. The van der Waals surface area contributed by atoms with Crippen LogP contribution in [-0.2, 0) is 0 Å². The lowest BCUT2D eigenvalue weighted by molar-refractivity contribution is 0.257. The maximum atomic E-state index is 10.8. The summed E-state index contributed by atoms with van der Waals surface area (Å²) < 4.78 is 3.47. The number of nitrogens with one attached hydrogen (secondary N) is 2. The fourth-order valence-corrected chi connectivity index (χ4v) is 1.95. The lowest BCUT2D eigenvalue weighted by Crippen LogP contribution is -2.27. The van der Waals surface area contributed by atoms with Crippen molar-refractivity contribution in [1.82, 2.24) is 9.71 Å². The van der Waals surface area contributed by atoms with E-state index in [0.29, 0.717) is 5.82 Å². The highest BCUT2D eigenvalue weighted by Crippen LogP contribution is 2.28. The van der Waals surface area contributed by atoms with Gasteiger partial charge in [-0.05, 0) is 33.9 Å². The molecule has 1 aliphatic rings. The molecule has 2 heterocycles. The highest BCUT2D eigenvalue weighted by molar-refractivity contribution is 9.10. The van der Waals surface area contributed by atoms with Crippen molar-refractivity contribution in [2.24, 2.45) is 0 Å². The maximum Gasteiger partial charge on any atom is 0.330 e. The van der Waals surface area contributed by atoms with E-state index in [2.05, 4.69) is 31.0 Å². The Bertz CT molecular complexity index is 344. The predicted molar refractivity (Wildman–Crippen MR) is 49.9 cm³/mol. The van der Waals surface area contributed by atoms with E-state index in [9.17, 15) is 4.79 Å². The van der Waals surface area contributed by atoms with Gasteiger partial charge < -0.3 is 0 Å². The molecule has 2 rings (SSSR count). The molecule has 0 bridgehead atoms. The van der Waals surface area contributed by atoms with Crippen LogP contribution in [-0.4, -0.2) is 11.0 Å². The molecule has 0 unspecified atom stereocenters. The van der Waals surface area contributed by atoms with Gasteiger partial charge in [0.25, 0.3) is 0 Å². The van der Waals surface area contributed by atoms with Gasteiger partial charge in [-0.2, -0.15) is 0 Å². The summed E-state index contributed by atoms with van der Waals surface area (Å²) in [4.78, 5) is 15.8. The number of rotatable bonds is 0.